The van der Waals surface area contributed by atoms with Crippen LogP contribution in [0.3, 0.4) is 0 Å². The molecule has 2 nitrogen and oxygen atoms in total. The van der Waals surface area contributed by atoms with Crippen molar-refractivity contribution in [3.63, 3.8) is 0 Å². The second kappa shape index (κ2) is 6.48. The molecule has 2 rings (SSSR count). The van der Waals surface area contributed by atoms with Gasteiger partial charge in [-0.2, -0.15) is 0 Å². The van der Waals surface area contributed by atoms with E-state index in [-0.39, 0.29) is 0 Å². The van der Waals surface area contributed by atoms with E-state index in [2.05, 4.69) is 60.5 Å². The normalized spacial score (nSPS) is 14.1. The van der Waals surface area contributed by atoms with Gasteiger partial charge in [0.15, 0.2) is 0 Å². The summed E-state index contributed by atoms with van der Waals surface area (Å²) < 4.78 is 0. The molecule has 0 amide bonds. The lowest BCUT2D eigenvalue weighted by molar-refractivity contribution is 0.467. The molecule has 0 fully saturated rings. The van der Waals surface area contributed by atoms with Crippen molar-refractivity contribution in [2.24, 2.45) is 0 Å². The van der Waals surface area contributed by atoms with E-state index < -0.39 is 0 Å². The minimum atomic E-state index is 0.305. The van der Waals surface area contributed by atoms with Crippen LogP contribution in [0.5, 0.6) is 0 Å². The zero-order valence-electron chi connectivity index (χ0n) is 11.9. The van der Waals surface area contributed by atoms with Crippen LogP contribution in [0.15, 0.2) is 48.8 Å². The van der Waals surface area contributed by atoms with Gasteiger partial charge in [-0.25, -0.2) is 0 Å². The molecule has 0 saturated carbocycles. The van der Waals surface area contributed by atoms with Crippen molar-refractivity contribution in [3.8, 4) is 0 Å². The zero-order valence-corrected chi connectivity index (χ0v) is 11.9. The number of nitrogens with zero attached hydrogens (tertiary/aromatic N) is 1. The summed E-state index contributed by atoms with van der Waals surface area (Å²) in [5.41, 5.74) is 3.85. The second-order valence-corrected chi connectivity index (χ2v) is 4.99. The molecule has 1 aromatic heterocycles. The van der Waals surface area contributed by atoms with Crippen LogP contribution >= 0.6 is 0 Å². The van der Waals surface area contributed by atoms with E-state index in [9.17, 15) is 0 Å². The highest BCUT2D eigenvalue weighted by atomic mass is 14.9. The SMILES string of the molecule is CCC(c1ccccc1)C(NC)c1cncc(C)c1. The Morgan fingerprint density at radius 1 is 1.11 bits per heavy atom. The van der Waals surface area contributed by atoms with Crippen molar-refractivity contribution < 1.29 is 0 Å². The maximum Gasteiger partial charge on any atom is 0.0402 e. The zero-order chi connectivity index (χ0) is 13.7. The van der Waals surface area contributed by atoms with Crippen LogP contribution in [0.25, 0.3) is 0 Å². The Morgan fingerprint density at radius 3 is 2.42 bits per heavy atom. The Bertz CT molecular complexity index is 508. The average molecular weight is 254 g/mol. The third-order valence-electron chi connectivity index (χ3n) is 3.64. The summed E-state index contributed by atoms with van der Waals surface area (Å²) in [7, 11) is 2.03. The van der Waals surface area contributed by atoms with Crippen LogP contribution in [0.4, 0.5) is 0 Å². The maximum absolute atomic E-state index is 4.32. The second-order valence-electron chi connectivity index (χ2n) is 4.99. The molecule has 0 bridgehead atoms. The van der Waals surface area contributed by atoms with Crippen molar-refractivity contribution in [1.29, 1.82) is 0 Å². The fraction of sp³-hybridized carbons (Fsp3) is 0.353. The predicted molar refractivity (Wildman–Crippen MR) is 80.2 cm³/mol. The van der Waals surface area contributed by atoms with E-state index in [1.807, 2.05) is 19.4 Å². The van der Waals surface area contributed by atoms with Gasteiger partial charge in [-0.3, -0.25) is 4.98 Å². The van der Waals surface area contributed by atoms with Crippen LogP contribution in [-0.4, -0.2) is 12.0 Å². The topological polar surface area (TPSA) is 24.9 Å². The third-order valence-corrected chi connectivity index (χ3v) is 3.64. The van der Waals surface area contributed by atoms with Crippen LogP contribution in [0.2, 0.25) is 0 Å². The molecule has 0 radical (unpaired) electrons. The van der Waals surface area contributed by atoms with E-state index in [0.29, 0.717) is 12.0 Å². The highest BCUT2D eigenvalue weighted by Crippen LogP contribution is 2.33. The summed E-state index contributed by atoms with van der Waals surface area (Å²) in [6.45, 7) is 4.33. The number of aromatic nitrogens is 1. The first-order chi connectivity index (χ1) is 9.26. The number of nitrogens with one attached hydrogen (secondary N) is 1. The molecule has 0 aliphatic rings. The summed E-state index contributed by atoms with van der Waals surface area (Å²) in [6.07, 6.45) is 4.98. The number of hydrogen-bond donors (Lipinski definition) is 1. The molecule has 2 aromatic rings. The maximum atomic E-state index is 4.32. The van der Waals surface area contributed by atoms with Gasteiger partial charge in [-0.05, 0) is 37.1 Å². The summed E-state index contributed by atoms with van der Waals surface area (Å²) in [4.78, 5) is 4.32. The Balaban J connectivity index is 2.34. The van der Waals surface area contributed by atoms with Crippen molar-refractivity contribution in [2.75, 3.05) is 7.05 Å². The molecule has 0 aliphatic heterocycles. The lowest BCUT2D eigenvalue weighted by Crippen LogP contribution is -2.24. The van der Waals surface area contributed by atoms with Crippen molar-refractivity contribution in [3.05, 3.63) is 65.5 Å². The van der Waals surface area contributed by atoms with Crippen LogP contribution in [0, 0.1) is 6.92 Å². The summed E-state index contributed by atoms with van der Waals surface area (Å²) >= 11 is 0. The monoisotopic (exact) mass is 254 g/mol. The largest absolute Gasteiger partial charge is 0.312 e. The number of rotatable bonds is 5. The van der Waals surface area contributed by atoms with Gasteiger partial charge < -0.3 is 5.32 Å². The van der Waals surface area contributed by atoms with Crippen LogP contribution in [0.1, 0.15) is 42.0 Å². The summed E-state index contributed by atoms with van der Waals surface area (Å²) in [5, 5.41) is 3.46. The quantitative estimate of drug-likeness (QED) is 0.876. The highest BCUT2D eigenvalue weighted by molar-refractivity contribution is 5.28. The first-order valence-corrected chi connectivity index (χ1v) is 6.90. The molecule has 1 N–H and O–H groups in total. The van der Waals surface area contributed by atoms with Gasteiger partial charge in [0.05, 0.1) is 0 Å². The average Bonchev–Trinajstić information content (AvgIpc) is 2.45. The Labute approximate surface area is 115 Å². The lowest BCUT2D eigenvalue weighted by atomic mass is 9.85. The number of likely N-dealkylation sites (N-methyl/N-ethyl adjacent to an activating group) is 1. The molecule has 2 unspecified atom stereocenters. The Hall–Kier alpha value is -1.67. The molecule has 2 heteroatoms. The summed E-state index contributed by atoms with van der Waals surface area (Å²) in [5.74, 6) is 0.467. The van der Waals surface area contributed by atoms with Crippen LogP contribution in [-0.2, 0) is 0 Å². The predicted octanol–water partition coefficient (Wildman–Crippen LogP) is 3.84. The first-order valence-electron chi connectivity index (χ1n) is 6.90. The van der Waals surface area contributed by atoms with E-state index in [0.717, 1.165) is 6.42 Å². The number of aryl methyl sites for hydroxylation is 1. The Morgan fingerprint density at radius 2 is 1.84 bits per heavy atom. The molecule has 1 heterocycles. The molecule has 100 valence electrons. The smallest absolute Gasteiger partial charge is 0.0402 e. The molecule has 0 spiro atoms. The Kier molecular flexibility index (Phi) is 4.69. The molecular weight excluding hydrogens is 232 g/mol. The first kappa shape index (κ1) is 13.8. The number of hydrogen-bond acceptors (Lipinski definition) is 2. The van der Waals surface area contributed by atoms with Gasteiger partial charge in [0.25, 0.3) is 0 Å². The number of pyridine rings is 1. The van der Waals surface area contributed by atoms with Gasteiger partial charge in [0.2, 0.25) is 0 Å². The van der Waals surface area contributed by atoms with Crippen molar-refractivity contribution >= 4 is 0 Å². The molecule has 0 saturated heterocycles. The minimum absolute atomic E-state index is 0.305. The van der Waals surface area contributed by atoms with Crippen LogP contribution < -0.4 is 5.32 Å². The van der Waals surface area contributed by atoms with Gasteiger partial charge in [0, 0.05) is 24.4 Å². The minimum Gasteiger partial charge on any atom is -0.312 e. The van der Waals surface area contributed by atoms with Gasteiger partial charge >= 0.3 is 0 Å². The summed E-state index contributed by atoms with van der Waals surface area (Å²) in [6, 6.07) is 13.2. The highest BCUT2D eigenvalue weighted by Gasteiger charge is 2.22. The molecule has 19 heavy (non-hydrogen) atoms. The van der Waals surface area contributed by atoms with E-state index >= 15 is 0 Å². The molecule has 1 aromatic carbocycles. The fourth-order valence-corrected chi connectivity index (χ4v) is 2.71. The van der Waals surface area contributed by atoms with E-state index in [1.165, 1.54) is 16.7 Å². The third kappa shape index (κ3) is 3.21. The molecule has 2 atom stereocenters. The lowest BCUT2D eigenvalue weighted by Gasteiger charge is -2.27. The molecule has 0 aliphatic carbocycles. The van der Waals surface area contributed by atoms with Crippen molar-refractivity contribution in [2.45, 2.75) is 32.2 Å². The fourth-order valence-electron chi connectivity index (χ4n) is 2.71. The standard InChI is InChI=1S/C17H22N2/c1-4-16(14-8-6-5-7-9-14)17(18-3)15-10-13(2)11-19-12-15/h5-12,16-18H,4H2,1-3H3. The van der Waals surface area contributed by atoms with Gasteiger partial charge in [-0.15, -0.1) is 0 Å². The van der Waals surface area contributed by atoms with Gasteiger partial charge in [-0.1, -0.05) is 43.3 Å². The molecular formula is C17H22N2. The number of benzene rings is 1. The van der Waals surface area contributed by atoms with E-state index in [1.54, 1.807) is 0 Å². The van der Waals surface area contributed by atoms with Gasteiger partial charge in [0.1, 0.15) is 0 Å². The van der Waals surface area contributed by atoms with E-state index in [4.69, 9.17) is 0 Å². The van der Waals surface area contributed by atoms with Crippen molar-refractivity contribution in [1.82, 2.24) is 10.3 Å².